The summed E-state index contributed by atoms with van der Waals surface area (Å²) in [6, 6.07) is 8.24. The van der Waals surface area contributed by atoms with Gasteiger partial charge in [-0.15, -0.1) is 0 Å². The van der Waals surface area contributed by atoms with E-state index in [0.29, 0.717) is 11.7 Å². The lowest BCUT2D eigenvalue weighted by molar-refractivity contribution is 0.309. The third-order valence-electron chi connectivity index (χ3n) is 2.52. The van der Waals surface area contributed by atoms with Gasteiger partial charge in [-0.1, -0.05) is 36.8 Å². The predicted octanol–water partition coefficient (Wildman–Crippen LogP) is 2.96. The van der Waals surface area contributed by atoms with Gasteiger partial charge in [0.15, 0.2) is 5.13 Å². The molecule has 0 spiro atoms. The van der Waals surface area contributed by atoms with Gasteiger partial charge in [0.25, 0.3) is 0 Å². The molecule has 18 heavy (non-hydrogen) atoms. The summed E-state index contributed by atoms with van der Waals surface area (Å²) in [5, 5.41) is 0.701. The van der Waals surface area contributed by atoms with Gasteiger partial charge < -0.3 is 4.74 Å². The van der Waals surface area contributed by atoms with Crippen molar-refractivity contribution in [3.05, 3.63) is 40.9 Å². The Balaban J connectivity index is 1.89. The summed E-state index contributed by atoms with van der Waals surface area (Å²) in [4.78, 5) is 5.13. The molecule has 0 amide bonds. The minimum absolute atomic E-state index is 0.520. The lowest BCUT2D eigenvalue weighted by atomic mass is 10.1. The van der Waals surface area contributed by atoms with Crippen molar-refractivity contribution >= 4 is 16.5 Å². The van der Waals surface area contributed by atoms with Gasteiger partial charge >= 0.3 is 0 Å². The number of nitrogens with one attached hydrogen (secondary N) is 1. The molecule has 0 aliphatic heterocycles. The number of hydrogen-bond acceptors (Lipinski definition) is 5. The van der Waals surface area contributed by atoms with E-state index in [2.05, 4.69) is 29.5 Å². The number of hydrogen-bond donors (Lipinski definition) is 2. The van der Waals surface area contributed by atoms with Crippen LogP contribution in [-0.4, -0.2) is 4.98 Å². The molecular weight excluding hydrogens is 246 g/mol. The summed E-state index contributed by atoms with van der Waals surface area (Å²) in [7, 11) is 0. The van der Waals surface area contributed by atoms with Crippen LogP contribution in [0.2, 0.25) is 0 Å². The molecule has 2 rings (SSSR count). The fourth-order valence-corrected chi connectivity index (χ4v) is 2.27. The second-order valence-electron chi connectivity index (χ2n) is 3.96. The molecule has 0 fully saturated rings. The van der Waals surface area contributed by atoms with Crippen molar-refractivity contribution in [3.8, 4) is 5.75 Å². The van der Waals surface area contributed by atoms with Gasteiger partial charge in [-0.05, 0) is 24.1 Å². The van der Waals surface area contributed by atoms with E-state index in [9.17, 15) is 0 Å². The molecule has 1 aromatic carbocycles. The monoisotopic (exact) mass is 263 g/mol. The molecule has 0 saturated carbocycles. The number of benzene rings is 1. The van der Waals surface area contributed by atoms with Crippen molar-refractivity contribution in [2.75, 3.05) is 5.43 Å². The van der Waals surface area contributed by atoms with E-state index in [1.807, 2.05) is 12.1 Å². The fraction of sp³-hybridized carbons (Fsp3) is 0.308. The van der Waals surface area contributed by atoms with Gasteiger partial charge in [-0.2, -0.15) is 0 Å². The molecule has 0 bridgehead atoms. The summed E-state index contributed by atoms with van der Waals surface area (Å²) in [6.45, 7) is 2.70. The van der Waals surface area contributed by atoms with Gasteiger partial charge in [0, 0.05) is 6.20 Å². The lowest BCUT2D eigenvalue weighted by Crippen LogP contribution is -2.05. The van der Waals surface area contributed by atoms with E-state index >= 15 is 0 Å². The van der Waals surface area contributed by atoms with Crippen LogP contribution in [0.4, 0.5) is 5.13 Å². The zero-order chi connectivity index (χ0) is 12.8. The quantitative estimate of drug-likeness (QED) is 0.621. The van der Waals surface area contributed by atoms with Crippen molar-refractivity contribution in [2.45, 2.75) is 26.4 Å². The van der Waals surface area contributed by atoms with E-state index in [0.717, 1.165) is 23.5 Å². The zero-order valence-electron chi connectivity index (χ0n) is 10.3. The second-order valence-corrected chi connectivity index (χ2v) is 5.07. The molecule has 1 heterocycles. The van der Waals surface area contributed by atoms with Gasteiger partial charge in [-0.3, -0.25) is 5.43 Å². The Labute approximate surface area is 111 Å². The van der Waals surface area contributed by atoms with Crippen molar-refractivity contribution < 1.29 is 4.74 Å². The number of nitrogens with zero attached hydrogens (tertiary/aromatic N) is 1. The van der Waals surface area contributed by atoms with E-state index in [4.69, 9.17) is 10.6 Å². The molecule has 96 valence electrons. The van der Waals surface area contributed by atoms with Gasteiger partial charge in [0.05, 0.1) is 4.88 Å². The van der Waals surface area contributed by atoms with Gasteiger partial charge in [-0.25, -0.2) is 10.8 Å². The highest BCUT2D eigenvalue weighted by Crippen LogP contribution is 2.20. The molecule has 0 aliphatic rings. The number of aromatic nitrogens is 1. The Kier molecular flexibility index (Phi) is 4.55. The maximum absolute atomic E-state index is 5.68. The number of nitrogen functional groups attached to an aromatic ring is 1. The SMILES string of the molecule is CCCc1ccc(OCc2cnc(NN)s2)cc1. The van der Waals surface area contributed by atoms with Crippen LogP contribution < -0.4 is 16.0 Å². The van der Waals surface area contributed by atoms with Crippen LogP contribution in [0, 0.1) is 0 Å². The first-order valence-electron chi connectivity index (χ1n) is 5.95. The van der Waals surface area contributed by atoms with Crippen molar-refractivity contribution in [3.63, 3.8) is 0 Å². The van der Waals surface area contributed by atoms with Crippen LogP contribution in [0.3, 0.4) is 0 Å². The third-order valence-corrected chi connectivity index (χ3v) is 3.42. The Bertz CT molecular complexity index is 481. The van der Waals surface area contributed by atoms with Crippen LogP contribution in [0.25, 0.3) is 0 Å². The minimum atomic E-state index is 0.520. The van der Waals surface area contributed by atoms with E-state index < -0.39 is 0 Å². The number of nitrogens with two attached hydrogens (primary N) is 1. The number of aryl methyl sites for hydroxylation is 1. The first kappa shape index (κ1) is 12.9. The molecule has 0 aliphatic carbocycles. The van der Waals surface area contributed by atoms with Crippen LogP contribution >= 0.6 is 11.3 Å². The number of ether oxygens (including phenoxy) is 1. The molecule has 5 heteroatoms. The third kappa shape index (κ3) is 3.45. The zero-order valence-corrected chi connectivity index (χ0v) is 11.2. The standard InChI is InChI=1S/C13H17N3OS/c1-2-3-10-4-6-11(7-5-10)17-9-12-8-15-13(16-14)18-12/h4-8H,2-3,9,14H2,1H3,(H,15,16). The number of thiazole rings is 1. The minimum Gasteiger partial charge on any atom is -0.488 e. The second kappa shape index (κ2) is 6.37. The average Bonchev–Trinajstić information content (AvgIpc) is 2.86. The van der Waals surface area contributed by atoms with Gasteiger partial charge in [0.2, 0.25) is 0 Å². The van der Waals surface area contributed by atoms with Crippen LogP contribution in [-0.2, 0) is 13.0 Å². The van der Waals surface area contributed by atoms with Gasteiger partial charge in [0.1, 0.15) is 12.4 Å². The molecule has 0 radical (unpaired) electrons. The Morgan fingerprint density at radius 2 is 2.11 bits per heavy atom. The first-order chi connectivity index (χ1) is 8.81. The largest absolute Gasteiger partial charge is 0.488 e. The molecule has 0 saturated heterocycles. The van der Waals surface area contributed by atoms with E-state index in [1.54, 1.807) is 6.20 Å². The molecule has 3 N–H and O–H groups in total. The molecule has 2 aromatic rings. The number of rotatable bonds is 6. The highest BCUT2D eigenvalue weighted by Gasteiger charge is 2.01. The summed E-state index contributed by atoms with van der Waals surface area (Å²) in [5.74, 6) is 6.15. The van der Waals surface area contributed by atoms with Crippen molar-refractivity contribution in [2.24, 2.45) is 5.84 Å². The lowest BCUT2D eigenvalue weighted by Gasteiger charge is -2.05. The van der Waals surface area contributed by atoms with Crippen LogP contribution in [0.5, 0.6) is 5.75 Å². The first-order valence-corrected chi connectivity index (χ1v) is 6.76. The molecular formula is C13H17N3OS. The topological polar surface area (TPSA) is 60.2 Å². The highest BCUT2D eigenvalue weighted by atomic mass is 32.1. The Hall–Kier alpha value is -1.59. The van der Waals surface area contributed by atoms with E-state index in [1.165, 1.54) is 16.9 Å². The molecule has 0 atom stereocenters. The maximum Gasteiger partial charge on any atom is 0.197 e. The van der Waals surface area contributed by atoms with Crippen molar-refractivity contribution in [1.29, 1.82) is 0 Å². The fourth-order valence-electron chi connectivity index (χ4n) is 1.64. The molecule has 1 aromatic heterocycles. The van der Waals surface area contributed by atoms with Crippen LogP contribution in [0.1, 0.15) is 23.8 Å². The predicted molar refractivity (Wildman–Crippen MR) is 74.7 cm³/mol. The normalized spacial score (nSPS) is 10.3. The van der Waals surface area contributed by atoms with E-state index in [-0.39, 0.29) is 0 Å². The number of hydrazine groups is 1. The molecule has 0 unspecified atom stereocenters. The smallest absolute Gasteiger partial charge is 0.197 e. The summed E-state index contributed by atoms with van der Waals surface area (Å²) in [6.07, 6.45) is 4.04. The average molecular weight is 263 g/mol. The van der Waals surface area contributed by atoms with Crippen molar-refractivity contribution in [1.82, 2.24) is 4.98 Å². The molecule has 4 nitrogen and oxygen atoms in total. The maximum atomic E-state index is 5.68. The summed E-state index contributed by atoms with van der Waals surface area (Å²) < 4.78 is 5.68. The summed E-state index contributed by atoms with van der Waals surface area (Å²) in [5.41, 5.74) is 3.86. The Morgan fingerprint density at radius 3 is 2.72 bits per heavy atom. The highest BCUT2D eigenvalue weighted by molar-refractivity contribution is 7.15. The summed E-state index contributed by atoms with van der Waals surface area (Å²) >= 11 is 1.49. The Morgan fingerprint density at radius 1 is 1.33 bits per heavy atom. The van der Waals surface area contributed by atoms with Crippen LogP contribution in [0.15, 0.2) is 30.5 Å². The number of anilines is 1.